The van der Waals surface area contributed by atoms with Gasteiger partial charge < -0.3 is 20.0 Å². The predicted octanol–water partition coefficient (Wildman–Crippen LogP) is 4.92. The van der Waals surface area contributed by atoms with Gasteiger partial charge in [-0.15, -0.1) is 0 Å². The molecule has 2 aromatic heterocycles. The number of fused-ring (bicyclic) bond motifs is 1. The number of rotatable bonds is 7. The van der Waals surface area contributed by atoms with Crippen LogP contribution in [0, 0.1) is 19.7 Å². The molecule has 0 saturated carbocycles. The Labute approximate surface area is 184 Å². The molecule has 0 aliphatic carbocycles. The van der Waals surface area contributed by atoms with Crippen LogP contribution >= 0.6 is 0 Å². The molecule has 0 spiro atoms. The minimum Gasteiger partial charge on any atom is -0.489 e. The molecule has 32 heavy (non-hydrogen) atoms. The highest BCUT2D eigenvalue weighted by Crippen LogP contribution is 2.35. The lowest BCUT2D eigenvalue weighted by atomic mass is 9.99. The second-order valence-corrected chi connectivity index (χ2v) is 7.73. The van der Waals surface area contributed by atoms with E-state index in [0.29, 0.717) is 28.0 Å². The number of pyridine rings is 1. The molecule has 6 nitrogen and oxygen atoms in total. The molecular formula is C25H23FN2O4. The molecule has 4 aromatic rings. The lowest BCUT2D eigenvalue weighted by Crippen LogP contribution is -2.05. The van der Waals surface area contributed by atoms with Crippen LogP contribution in [-0.4, -0.2) is 16.1 Å². The van der Waals surface area contributed by atoms with Crippen molar-refractivity contribution in [3.05, 3.63) is 82.6 Å². The molecule has 3 N–H and O–H groups in total. The number of nitrogens with zero attached hydrogens (tertiary/aromatic N) is 1. The summed E-state index contributed by atoms with van der Waals surface area (Å²) in [6.45, 7) is 4.00. The van der Waals surface area contributed by atoms with Gasteiger partial charge in [0.1, 0.15) is 17.9 Å². The Morgan fingerprint density at radius 3 is 2.75 bits per heavy atom. The van der Waals surface area contributed by atoms with E-state index in [1.54, 1.807) is 18.4 Å². The highest BCUT2D eigenvalue weighted by atomic mass is 19.1. The number of aliphatic carboxylic acids is 1. The van der Waals surface area contributed by atoms with Crippen molar-refractivity contribution in [2.24, 2.45) is 5.73 Å². The van der Waals surface area contributed by atoms with E-state index in [2.05, 4.69) is 4.98 Å². The molecule has 0 saturated heterocycles. The van der Waals surface area contributed by atoms with E-state index in [-0.39, 0.29) is 25.3 Å². The van der Waals surface area contributed by atoms with Gasteiger partial charge in [0.15, 0.2) is 5.82 Å². The zero-order valence-corrected chi connectivity index (χ0v) is 17.8. The van der Waals surface area contributed by atoms with Gasteiger partial charge >= 0.3 is 5.97 Å². The minimum atomic E-state index is -0.930. The standard InChI is InChI=1S/C25H23FN2O4/c1-14-3-4-17(10-23(29)30)22(7-14)31-13-16-8-19-15(2)12-32-25(19)20(9-16)18-5-6-28-21(11-27)24(18)26/h3-9,12H,10-11,13,27H2,1-2H3,(H,29,30). The number of carboxylic acid groups (broad SMARTS) is 1. The fourth-order valence-electron chi connectivity index (χ4n) is 3.71. The summed E-state index contributed by atoms with van der Waals surface area (Å²) in [5.74, 6) is -0.898. The number of hydrogen-bond donors (Lipinski definition) is 2. The third kappa shape index (κ3) is 4.20. The first-order valence-corrected chi connectivity index (χ1v) is 10.2. The molecule has 2 heterocycles. The van der Waals surface area contributed by atoms with Crippen molar-refractivity contribution in [3.8, 4) is 16.9 Å². The van der Waals surface area contributed by atoms with Crippen molar-refractivity contribution >= 4 is 16.9 Å². The van der Waals surface area contributed by atoms with Gasteiger partial charge in [0, 0.05) is 34.8 Å². The van der Waals surface area contributed by atoms with Gasteiger partial charge in [-0.25, -0.2) is 4.39 Å². The fraction of sp³-hybridized carbons (Fsp3) is 0.200. The van der Waals surface area contributed by atoms with E-state index in [9.17, 15) is 9.90 Å². The van der Waals surface area contributed by atoms with E-state index in [1.807, 2.05) is 38.1 Å². The lowest BCUT2D eigenvalue weighted by molar-refractivity contribution is -0.136. The van der Waals surface area contributed by atoms with Gasteiger partial charge in [0.2, 0.25) is 0 Å². The van der Waals surface area contributed by atoms with Crippen molar-refractivity contribution in [2.75, 3.05) is 0 Å². The molecule has 2 aromatic carbocycles. The van der Waals surface area contributed by atoms with Gasteiger partial charge in [0.25, 0.3) is 0 Å². The number of carbonyl (C=O) groups is 1. The van der Waals surface area contributed by atoms with Crippen molar-refractivity contribution < 1.29 is 23.4 Å². The number of furan rings is 1. The highest BCUT2D eigenvalue weighted by molar-refractivity contribution is 5.95. The molecule has 0 atom stereocenters. The maximum Gasteiger partial charge on any atom is 0.307 e. The maximum atomic E-state index is 15.0. The van der Waals surface area contributed by atoms with Gasteiger partial charge in [-0.1, -0.05) is 12.1 Å². The monoisotopic (exact) mass is 434 g/mol. The Hall–Kier alpha value is -3.71. The number of hydrogen-bond acceptors (Lipinski definition) is 5. The van der Waals surface area contributed by atoms with Crippen molar-refractivity contribution in [3.63, 3.8) is 0 Å². The minimum absolute atomic E-state index is 0.0114. The molecule has 0 radical (unpaired) electrons. The third-order valence-corrected chi connectivity index (χ3v) is 5.33. The Morgan fingerprint density at radius 1 is 1.19 bits per heavy atom. The number of aryl methyl sites for hydroxylation is 2. The van der Waals surface area contributed by atoms with Crippen LogP contribution in [0.2, 0.25) is 0 Å². The van der Waals surface area contributed by atoms with Gasteiger partial charge in [0.05, 0.1) is 18.4 Å². The maximum absolute atomic E-state index is 15.0. The Balaban J connectivity index is 1.75. The number of ether oxygens (including phenoxy) is 1. The van der Waals surface area contributed by atoms with Crippen LogP contribution < -0.4 is 10.5 Å². The van der Waals surface area contributed by atoms with Crippen LogP contribution in [0.5, 0.6) is 5.75 Å². The summed E-state index contributed by atoms with van der Waals surface area (Å²) in [5.41, 5.74) is 10.6. The van der Waals surface area contributed by atoms with E-state index >= 15 is 4.39 Å². The van der Waals surface area contributed by atoms with Crippen molar-refractivity contribution in [2.45, 2.75) is 33.4 Å². The molecule has 0 aliphatic heterocycles. The average molecular weight is 434 g/mol. The van der Waals surface area contributed by atoms with Crippen LogP contribution in [-0.2, 0) is 24.4 Å². The molecular weight excluding hydrogens is 411 g/mol. The molecule has 0 aliphatic rings. The topological polar surface area (TPSA) is 98.6 Å². The zero-order chi connectivity index (χ0) is 22.8. The van der Waals surface area contributed by atoms with Crippen LogP contribution in [0.1, 0.15) is 27.9 Å². The smallest absolute Gasteiger partial charge is 0.307 e. The summed E-state index contributed by atoms with van der Waals surface area (Å²) in [6.07, 6.45) is 3.02. The SMILES string of the molecule is Cc1ccc(CC(=O)O)c(OCc2cc(-c3ccnc(CN)c3F)c3occ(C)c3c2)c1. The van der Waals surface area contributed by atoms with Crippen LogP contribution in [0.25, 0.3) is 22.1 Å². The number of nitrogens with two attached hydrogens (primary N) is 1. The molecule has 0 unspecified atom stereocenters. The summed E-state index contributed by atoms with van der Waals surface area (Å²) >= 11 is 0. The highest BCUT2D eigenvalue weighted by Gasteiger charge is 2.18. The second kappa shape index (κ2) is 8.80. The van der Waals surface area contributed by atoms with Gasteiger partial charge in [-0.2, -0.15) is 0 Å². The molecule has 164 valence electrons. The van der Waals surface area contributed by atoms with E-state index < -0.39 is 11.8 Å². The molecule has 7 heteroatoms. The molecule has 4 rings (SSSR count). The Bertz CT molecular complexity index is 1310. The summed E-state index contributed by atoms with van der Waals surface area (Å²) in [7, 11) is 0. The molecule has 0 bridgehead atoms. The number of halogens is 1. The third-order valence-electron chi connectivity index (χ3n) is 5.33. The number of benzene rings is 2. The first-order chi connectivity index (χ1) is 15.4. The number of carboxylic acids is 1. The fourth-order valence-corrected chi connectivity index (χ4v) is 3.71. The van der Waals surface area contributed by atoms with Crippen LogP contribution in [0.3, 0.4) is 0 Å². The normalized spacial score (nSPS) is 11.1. The quantitative estimate of drug-likeness (QED) is 0.429. The first-order valence-electron chi connectivity index (χ1n) is 10.2. The van der Waals surface area contributed by atoms with E-state index in [4.69, 9.17) is 14.9 Å². The largest absolute Gasteiger partial charge is 0.489 e. The van der Waals surface area contributed by atoms with Gasteiger partial charge in [-0.05, 0) is 54.8 Å². The van der Waals surface area contributed by atoms with E-state index in [1.165, 1.54) is 6.20 Å². The summed E-state index contributed by atoms with van der Waals surface area (Å²) in [5, 5.41) is 10.0. The predicted molar refractivity (Wildman–Crippen MR) is 119 cm³/mol. The molecule has 0 fully saturated rings. The zero-order valence-electron chi connectivity index (χ0n) is 17.8. The van der Waals surface area contributed by atoms with Crippen LogP contribution in [0.15, 0.2) is 53.3 Å². The Kier molecular flexibility index (Phi) is 5.92. The van der Waals surface area contributed by atoms with Crippen molar-refractivity contribution in [1.82, 2.24) is 4.98 Å². The first kappa shape index (κ1) is 21.5. The summed E-state index contributed by atoms with van der Waals surface area (Å²) in [4.78, 5) is 15.2. The van der Waals surface area contributed by atoms with Crippen LogP contribution in [0.4, 0.5) is 4.39 Å². The summed E-state index contributed by atoms with van der Waals surface area (Å²) < 4.78 is 26.8. The second-order valence-electron chi connectivity index (χ2n) is 7.73. The van der Waals surface area contributed by atoms with Gasteiger partial charge in [-0.3, -0.25) is 9.78 Å². The van der Waals surface area contributed by atoms with E-state index in [0.717, 1.165) is 22.1 Å². The average Bonchev–Trinajstić information content (AvgIpc) is 3.14. The summed E-state index contributed by atoms with van der Waals surface area (Å²) in [6, 6.07) is 10.8. The molecule has 0 amide bonds. The lowest BCUT2D eigenvalue weighted by Gasteiger charge is -2.13. The number of aromatic nitrogens is 1. The Morgan fingerprint density at radius 2 is 2.00 bits per heavy atom. The van der Waals surface area contributed by atoms with Crippen molar-refractivity contribution in [1.29, 1.82) is 0 Å².